The summed E-state index contributed by atoms with van der Waals surface area (Å²) in [5.41, 5.74) is 6.38. The Labute approximate surface area is 202 Å². The van der Waals surface area contributed by atoms with Crippen molar-refractivity contribution in [2.45, 2.75) is 0 Å². The van der Waals surface area contributed by atoms with E-state index in [4.69, 9.17) is 4.65 Å². The maximum Gasteiger partial charge on any atom is 0.569 e. The van der Waals surface area contributed by atoms with E-state index in [-0.39, 0.29) is 0 Å². The first kappa shape index (κ1) is 19.9. The van der Waals surface area contributed by atoms with E-state index in [0.29, 0.717) is 5.75 Å². The predicted molar refractivity (Wildman–Crippen MR) is 144 cm³/mol. The molecule has 7 aromatic rings. The highest BCUT2D eigenvalue weighted by Crippen LogP contribution is 2.36. The van der Waals surface area contributed by atoms with Crippen molar-refractivity contribution in [2.24, 2.45) is 0 Å². The summed E-state index contributed by atoms with van der Waals surface area (Å²) >= 11 is 0. The van der Waals surface area contributed by atoms with Crippen LogP contribution in [0.4, 0.5) is 0 Å². The summed E-state index contributed by atoms with van der Waals surface area (Å²) in [4.78, 5) is 0. The Bertz CT molecular complexity index is 1640. The summed E-state index contributed by atoms with van der Waals surface area (Å²) in [7, 11) is 0.737. The van der Waals surface area contributed by atoms with Gasteiger partial charge in [-0.3, -0.25) is 0 Å². The number of rotatable bonds is 4. The minimum Gasteiger partial charge on any atom is -0.537 e. The summed E-state index contributed by atoms with van der Waals surface area (Å²) in [5, 5.41) is 14.3. The van der Waals surface area contributed by atoms with Gasteiger partial charge in [-0.1, -0.05) is 72.8 Å². The van der Waals surface area contributed by atoms with Crippen LogP contribution in [0.3, 0.4) is 0 Å². The van der Waals surface area contributed by atoms with Crippen molar-refractivity contribution in [1.29, 1.82) is 0 Å². The lowest BCUT2D eigenvalue weighted by Gasteiger charge is -2.15. The topological polar surface area (TPSA) is 39.3 Å². The zero-order valence-corrected chi connectivity index (χ0v) is 18.8. The molecule has 7 rings (SSSR count). The van der Waals surface area contributed by atoms with E-state index in [0.717, 1.165) is 41.1 Å². The fraction of sp³-hybridized carbons (Fsp3) is 0. The number of nitrogens with zero attached hydrogens (tertiary/aromatic N) is 2. The van der Waals surface area contributed by atoms with Crippen LogP contribution in [0.1, 0.15) is 0 Å². The first-order valence-corrected chi connectivity index (χ1v) is 11.6. The third kappa shape index (κ3) is 2.99. The Hall–Kier alpha value is -4.48. The van der Waals surface area contributed by atoms with E-state index in [1.165, 1.54) is 21.5 Å². The SMILES string of the molecule is O[B]Oc1cc(-n2c3ccccc3c3ccccc32)cc(-n2c3ccccc3c3ccccc32)c1. The highest BCUT2D eigenvalue weighted by Gasteiger charge is 2.16. The number of benzene rings is 5. The highest BCUT2D eigenvalue weighted by atomic mass is 16.5. The smallest absolute Gasteiger partial charge is 0.537 e. The van der Waals surface area contributed by atoms with Gasteiger partial charge in [0.05, 0.1) is 33.4 Å². The highest BCUT2D eigenvalue weighted by molar-refractivity contribution is 6.17. The average molecular weight is 451 g/mol. The van der Waals surface area contributed by atoms with Gasteiger partial charge in [0, 0.05) is 33.7 Å². The van der Waals surface area contributed by atoms with Crippen LogP contribution in [0, 0.1) is 0 Å². The van der Waals surface area contributed by atoms with Crippen molar-refractivity contribution in [3.63, 3.8) is 0 Å². The lowest BCUT2D eigenvalue weighted by Crippen LogP contribution is -2.04. The second-order valence-electron chi connectivity index (χ2n) is 8.65. The van der Waals surface area contributed by atoms with Crippen LogP contribution in [-0.4, -0.2) is 21.8 Å². The summed E-state index contributed by atoms with van der Waals surface area (Å²) < 4.78 is 10.0. The third-order valence-corrected chi connectivity index (χ3v) is 6.74. The Morgan fingerprint density at radius 2 is 0.829 bits per heavy atom. The predicted octanol–water partition coefficient (Wildman–Crippen LogP) is 6.79. The molecule has 0 aliphatic heterocycles. The molecule has 0 aliphatic rings. The van der Waals surface area contributed by atoms with Gasteiger partial charge >= 0.3 is 7.69 Å². The van der Waals surface area contributed by atoms with Gasteiger partial charge in [-0.15, -0.1) is 0 Å². The van der Waals surface area contributed by atoms with E-state index >= 15 is 0 Å². The maximum absolute atomic E-state index is 9.49. The van der Waals surface area contributed by atoms with Gasteiger partial charge in [-0.2, -0.15) is 0 Å². The molecule has 2 aromatic heterocycles. The minimum absolute atomic E-state index is 0.559. The molecule has 0 spiro atoms. The van der Waals surface area contributed by atoms with Crippen molar-refractivity contribution in [1.82, 2.24) is 9.13 Å². The Balaban J connectivity index is 1.59. The van der Waals surface area contributed by atoms with E-state index in [1.54, 1.807) is 0 Å². The van der Waals surface area contributed by atoms with Crippen LogP contribution in [-0.2, 0) is 0 Å². The lowest BCUT2D eigenvalue weighted by molar-refractivity contribution is 0.453. The first-order chi connectivity index (χ1) is 17.3. The summed E-state index contributed by atoms with van der Waals surface area (Å²) in [6.07, 6.45) is 0. The molecule has 0 bridgehead atoms. The van der Waals surface area contributed by atoms with E-state index in [9.17, 15) is 5.02 Å². The van der Waals surface area contributed by atoms with Gasteiger partial charge < -0.3 is 18.8 Å². The maximum atomic E-state index is 9.49. The third-order valence-electron chi connectivity index (χ3n) is 6.74. The molecule has 0 fully saturated rings. The minimum atomic E-state index is 0.559. The molecular formula is C30H20BN2O2. The molecule has 0 unspecified atom stereocenters. The van der Waals surface area contributed by atoms with Gasteiger partial charge in [0.25, 0.3) is 0 Å². The van der Waals surface area contributed by atoms with Crippen LogP contribution in [0.25, 0.3) is 55.0 Å². The molecule has 0 saturated carbocycles. The van der Waals surface area contributed by atoms with Crippen LogP contribution >= 0.6 is 0 Å². The largest absolute Gasteiger partial charge is 0.569 e. The molecule has 0 atom stereocenters. The van der Waals surface area contributed by atoms with Gasteiger partial charge in [0.1, 0.15) is 5.75 Å². The quantitative estimate of drug-likeness (QED) is 0.300. The summed E-state index contributed by atoms with van der Waals surface area (Å²) in [6.45, 7) is 0. The van der Waals surface area contributed by atoms with Crippen molar-refractivity contribution in [3.05, 3.63) is 115 Å². The monoisotopic (exact) mass is 451 g/mol. The molecule has 4 nitrogen and oxygen atoms in total. The lowest BCUT2D eigenvalue weighted by atomic mass is 10.2. The molecule has 2 heterocycles. The standard InChI is InChI=1S/C30H20BN2O2/c34-31-35-22-18-20(32-27-13-5-1-9-23(27)24-10-2-6-14-28(24)32)17-21(19-22)33-29-15-7-3-11-25(29)26-12-4-8-16-30(26)33/h1-19,34H. The zero-order valence-electron chi connectivity index (χ0n) is 18.8. The number of aromatic nitrogens is 2. The van der Waals surface area contributed by atoms with Gasteiger partial charge in [0.15, 0.2) is 0 Å². The average Bonchev–Trinajstić information content (AvgIpc) is 3.42. The van der Waals surface area contributed by atoms with E-state index in [2.05, 4.69) is 112 Å². The normalized spacial score (nSPS) is 11.6. The van der Waals surface area contributed by atoms with Crippen LogP contribution in [0.2, 0.25) is 0 Å². The van der Waals surface area contributed by atoms with Crippen LogP contribution in [0.15, 0.2) is 115 Å². The molecule has 5 heteroatoms. The van der Waals surface area contributed by atoms with Gasteiger partial charge in [-0.25, -0.2) is 0 Å². The second-order valence-corrected chi connectivity index (χ2v) is 8.65. The van der Waals surface area contributed by atoms with E-state index in [1.807, 2.05) is 12.1 Å². The molecule has 165 valence electrons. The first-order valence-electron chi connectivity index (χ1n) is 11.6. The Kier molecular flexibility index (Phi) is 4.44. The van der Waals surface area contributed by atoms with Crippen LogP contribution in [0.5, 0.6) is 5.75 Å². The Morgan fingerprint density at radius 3 is 1.17 bits per heavy atom. The van der Waals surface area contributed by atoms with Crippen LogP contribution < -0.4 is 4.65 Å². The number of hydrogen-bond donors (Lipinski definition) is 1. The number of fused-ring (bicyclic) bond motifs is 6. The van der Waals surface area contributed by atoms with Gasteiger partial charge in [0.2, 0.25) is 0 Å². The molecule has 5 aromatic carbocycles. The fourth-order valence-electron chi connectivity index (χ4n) is 5.36. The summed E-state index contributed by atoms with van der Waals surface area (Å²) in [5.74, 6) is 0.559. The van der Waals surface area contributed by atoms with Gasteiger partial charge in [-0.05, 0) is 30.3 Å². The van der Waals surface area contributed by atoms with Crippen molar-refractivity contribution in [2.75, 3.05) is 0 Å². The van der Waals surface area contributed by atoms with Crippen molar-refractivity contribution >= 4 is 51.3 Å². The molecular weight excluding hydrogens is 431 g/mol. The second kappa shape index (κ2) is 7.79. The van der Waals surface area contributed by atoms with Crippen molar-refractivity contribution in [3.8, 4) is 17.1 Å². The zero-order chi connectivity index (χ0) is 23.4. The molecule has 0 saturated heterocycles. The fourth-order valence-corrected chi connectivity index (χ4v) is 5.36. The van der Waals surface area contributed by atoms with E-state index < -0.39 is 0 Å². The number of hydrogen-bond acceptors (Lipinski definition) is 2. The Morgan fingerprint density at radius 1 is 0.486 bits per heavy atom. The summed E-state index contributed by atoms with van der Waals surface area (Å²) in [6, 6.07) is 39.8. The number of para-hydroxylation sites is 4. The molecule has 1 N–H and O–H groups in total. The molecule has 0 amide bonds. The molecule has 0 aliphatic carbocycles. The van der Waals surface area contributed by atoms with Crippen molar-refractivity contribution < 1.29 is 9.68 Å². The molecule has 35 heavy (non-hydrogen) atoms. The molecule has 1 radical (unpaired) electrons.